The molecule has 0 fully saturated rings. The zero-order valence-corrected chi connectivity index (χ0v) is 15.4. The van der Waals surface area contributed by atoms with Crippen molar-refractivity contribution in [1.82, 2.24) is 0 Å². The zero-order chi connectivity index (χ0) is 19.5. The van der Waals surface area contributed by atoms with Gasteiger partial charge in [0.25, 0.3) is 0 Å². The van der Waals surface area contributed by atoms with Crippen LogP contribution in [0.1, 0.15) is 17.3 Å². The number of likely N-dealkylation sites (N-methyl/N-ethyl adjacent to an activating group) is 1. The van der Waals surface area contributed by atoms with Gasteiger partial charge < -0.3 is 9.64 Å². The molecule has 26 heavy (non-hydrogen) atoms. The van der Waals surface area contributed by atoms with Crippen LogP contribution in [0.15, 0.2) is 52.4 Å². The molecule has 1 aromatic rings. The summed E-state index contributed by atoms with van der Waals surface area (Å²) in [4.78, 5) is 17.9. The molecule has 0 spiro atoms. The van der Waals surface area contributed by atoms with Crippen molar-refractivity contribution in [2.45, 2.75) is 23.4 Å². The highest BCUT2D eigenvalue weighted by Crippen LogP contribution is 2.45. The number of fused-ring (bicyclic) bond motifs is 1. The van der Waals surface area contributed by atoms with Crippen LogP contribution in [0.2, 0.25) is 0 Å². The Morgan fingerprint density at radius 1 is 1.42 bits per heavy atom. The maximum absolute atomic E-state index is 12.8. The van der Waals surface area contributed by atoms with Crippen molar-refractivity contribution in [3.63, 3.8) is 0 Å². The molecule has 0 saturated heterocycles. The lowest BCUT2D eigenvalue weighted by molar-refractivity contribution is -0.0577. The molecule has 0 saturated carbocycles. The van der Waals surface area contributed by atoms with Crippen LogP contribution in [0.5, 0.6) is 0 Å². The largest absolute Gasteiger partial charge is 0.462 e. The van der Waals surface area contributed by atoms with Gasteiger partial charge in [-0.05, 0) is 36.8 Å². The highest BCUT2D eigenvalue weighted by Gasteiger charge is 2.34. The molecule has 1 aliphatic heterocycles. The molecular weight excluding hydrogens is 365 g/mol. The summed E-state index contributed by atoms with van der Waals surface area (Å²) < 4.78 is 43.2. The number of allylic oxidation sites excluding steroid dienone is 1. The van der Waals surface area contributed by atoms with Gasteiger partial charge in [0.2, 0.25) is 0 Å². The molecule has 0 radical (unpaired) electrons. The van der Waals surface area contributed by atoms with Crippen molar-refractivity contribution < 1.29 is 22.7 Å². The van der Waals surface area contributed by atoms with Gasteiger partial charge in [0.05, 0.1) is 17.9 Å². The van der Waals surface area contributed by atoms with E-state index in [1.165, 1.54) is 17.8 Å². The average Bonchev–Trinajstić information content (AvgIpc) is 2.90. The van der Waals surface area contributed by atoms with Gasteiger partial charge in [-0.15, -0.1) is 0 Å². The quantitative estimate of drug-likeness (QED) is 0.427. The molecule has 0 aromatic heterocycles. The number of carbonyl (C=O) groups excluding carboxylic acids is 1. The monoisotopic (exact) mass is 384 g/mol. The summed E-state index contributed by atoms with van der Waals surface area (Å²) in [5, 5.41) is -0.273. The highest BCUT2D eigenvalue weighted by molar-refractivity contribution is 8.00. The highest BCUT2D eigenvalue weighted by atomic mass is 32.2. The molecule has 4 nitrogen and oxygen atoms in total. The van der Waals surface area contributed by atoms with E-state index < -0.39 is 17.9 Å². The lowest BCUT2D eigenvalue weighted by atomic mass is 10.1. The number of hydrogen-bond donors (Lipinski definition) is 0. The molecule has 2 rings (SSSR count). The van der Waals surface area contributed by atoms with Crippen molar-refractivity contribution >= 4 is 29.1 Å². The Labute approximate surface area is 154 Å². The van der Waals surface area contributed by atoms with E-state index in [2.05, 4.69) is 11.6 Å². The number of esters is 1. The molecule has 8 heteroatoms. The van der Waals surface area contributed by atoms with Gasteiger partial charge >= 0.3 is 12.1 Å². The molecule has 0 bridgehead atoms. The second-order valence-corrected chi connectivity index (χ2v) is 6.62. The first-order valence-corrected chi connectivity index (χ1v) is 8.68. The van der Waals surface area contributed by atoms with Crippen molar-refractivity contribution in [3.05, 3.63) is 48.1 Å². The minimum Gasteiger partial charge on any atom is -0.462 e. The number of halogens is 3. The molecule has 0 aliphatic carbocycles. The van der Waals surface area contributed by atoms with Crippen molar-refractivity contribution in [2.24, 2.45) is 4.99 Å². The summed E-state index contributed by atoms with van der Waals surface area (Å²) in [5.41, 5.74) is 0.844. The maximum Gasteiger partial charge on any atom is 0.432 e. The van der Waals surface area contributed by atoms with E-state index in [4.69, 9.17) is 4.74 Å². The lowest BCUT2D eigenvalue weighted by Gasteiger charge is -2.22. The Bertz CT molecular complexity index is 772. The Morgan fingerprint density at radius 2 is 2.12 bits per heavy atom. The van der Waals surface area contributed by atoms with Crippen LogP contribution < -0.4 is 4.90 Å². The fourth-order valence-corrected chi connectivity index (χ4v) is 3.73. The van der Waals surface area contributed by atoms with Crippen LogP contribution in [-0.4, -0.2) is 43.9 Å². The number of rotatable bonds is 5. The summed E-state index contributed by atoms with van der Waals surface area (Å²) in [7, 11) is 2.92. The average molecular weight is 384 g/mol. The summed E-state index contributed by atoms with van der Waals surface area (Å²) in [6.45, 7) is 5.90. The molecule has 1 atom stereocenters. The van der Waals surface area contributed by atoms with Crippen LogP contribution in [-0.2, 0) is 4.74 Å². The van der Waals surface area contributed by atoms with Crippen LogP contribution >= 0.6 is 11.8 Å². The van der Waals surface area contributed by atoms with Gasteiger partial charge in [0.1, 0.15) is 11.1 Å². The normalized spacial score (nSPS) is 17.5. The Kier molecular flexibility index (Phi) is 6.17. The summed E-state index contributed by atoms with van der Waals surface area (Å²) in [6, 6.07) is 5.18. The lowest BCUT2D eigenvalue weighted by Crippen LogP contribution is -2.26. The third kappa shape index (κ3) is 4.30. The Morgan fingerprint density at radius 3 is 2.69 bits per heavy atom. The van der Waals surface area contributed by atoms with E-state index in [1.807, 2.05) is 11.9 Å². The summed E-state index contributed by atoms with van der Waals surface area (Å²) in [6.07, 6.45) is -2.26. The van der Waals surface area contributed by atoms with Crippen LogP contribution in [0.25, 0.3) is 0 Å². The van der Waals surface area contributed by atoms with E-state index in [0.29, 0.717) is 11.1 Å². The second-order valence-electron chi connectivity index (χ2n) is 5.50. The minimum absolute atomic E-state index is 0.273. The number of thioether (sulfide) groups is 1. The smallest absolute Gasteiger partial charge is 0.432 e. The number of anilines is 1. The summed E-state index contributed by atoms with van der Waals surface area (Å²) in [5.74, 6) is -0.408. The molecule has 140 valence electrons. The fourth-order valence-electron chi connectivity index (χ4n) is 2.46. The number of carbonyl (C=O) groups is 1. The molecule has 1 unspecified atom stereocenters. The molecule has 1 aromatic carbocycles. The van der Waals surface area contributed by atoms with E-state index in [1.54, 1.807) is 25.1 Å². The molecular formula is C18H19F3N2O2S. The number of hydrogen-bond acceptors (Lipinski definition) is 5. The van der Waals surface area contributed by atoms with Gasteiger partial charge in [-0.3, -0.25) is 4.99 Å². The molecule has 1 heterocycles. The fraction of sp³-hybridized carbons (Fsp3) is 0.333. The van der Waals surface area contributed by atoms with Gasteiger partial charge in [0.15, 0.2) is 0 Å². The van der Waals surface area contributed by atoms with Crippen LogP contribution in [0.4, 0.5) is 18.9 Å². The number of nitrogens with zero attached hydrogens (tertiary/aromatic N) is 2. The van der Waals surface area contributed by atoms with E-state index in [9.17, 15) is 18.0 Å². The molecule has 0 N–H and O–H groups in total. The minimum atomic E-state index is -4.50. The van der Waals surface area contributed by atoms with E-state index in [-0.39, 0.29) is 12.0 Å². The Hall–Kier alpha value is -2.22. The molecule has 0 amide bonds. The SMILES string of the molecule is C=C(/C=C\C(=NC)C(F)(F)F)C1Sc2cc(C(=O)OCC)ccc2N1C. The number of aliphatic imine (C=N–C) groups is 1. The predicted octanol–water partition coefficient (Wildman–Crippen LogP) is 4.48. The van der Waals surface area contributed by atoms with Crippen LogP contribution in [0.3, 0.4) is 0 Å². The number of benzene rings is 1. The van der Waals surface area contributed by atoms with E-state index >= 15 is 0 Å². The summed E-state index contributed by atoms with van der Waals surface area (Å²) >= 11 is 1.42. The Balaban J connectivity index is 2.17. The number of alkyl halides is 3. The van der Waals surface area contributed by atoms with Gasteiger partial charge in [-0.25, -0.2) is 4.79 Å². The third-order valence-electron chi connectivity index (χ3n) is 3.75. The van der Waals surface area contributed by atoms with Crippen molar-refractivity contribution in [1.29, 1.82) is 0 Å². The predicted molar refractivity (Wildman–Crippen MR) is 98.1 cm³/mol. The van der Waals surface area contributed by atoms with Crippen LogP contribution in [0, 0.1) is 0 Å². The van der Waals surface area contributed by atoms with Crippen molar-refractivity contribution in [2.75, 3.05) is 25.6 Å². The zero-order valence-electron chi connectivity index (χ0n) is 14.6. The number of ether oxygens (including phenoxy) is 1. The van der Waals surface area contributed by atoms with E-state index in [0.717, 1.165) is 23.7 Å². The first-order chi connectivity index (χ1) is 12.2. The van der Waals surface area contributed by atoms with Gasteiger partial charge in [-0.1, -0.05) is 24.4 Å². The topological polar surface area (TPSA) is 41.9 Å². The van der Waals surface area contributed by atoms with Gasteiger partial charge in [0, 0.05) is 19.0 Å². The second kappa shape index (κ2) is 7.99. The maximum atomic E-state index is 12.8. The molecule has 1 aliphatic rings. The van der Waals surface area contributed by atoms with Crippen molar-refractivity contribution in [3.8, 4) is 0 Å². The first-order valence-electron chi connectivity index (χ1n) is 7.80. The first kappa shape index (κ1) is 20.1. The van der Waals surface area contributed by atoms with Gasteiger partial charge in [-0.2, -0.15) is 13.2 Å². The third-order valence-corrected chi connectivity index (χ3v) is 5.17. The standard InChI is InChI=1S/C18H19F3N2O2S/c1-5-25-17(24)12-7-8-13-14(10-12)26-16(23(13)4)11(2)6-9-15(22-3)18(19,20)21/h6-10,16H,2,5H2,1,3-4H3/b9-6-,22-15?.